The molecule has 19 heavy (non-hydrogen) atoms. The maximum absolute atomic E-state index is 10.7. The summed E-state index contributed by atoms with van der Waals surface area (Å²) in [6, 6.07) is 3.28. The molecule has 0 atom stereocenters. The molecule has 0 saturated heterocycles. The molecule has 0 bridgehead atoms. The van der Waals surface area contributed by atoms with E-state index in [1.165, 1.54) is 12.3 Å². The number of nitrogens with zero attached hydrogens (tertiary/aromatic N) is 1. The summed E-state index contributed by atoms with van der Waals surface area (Å²) in [6.45, 7) is 2.72. The number of unbranched alkanes of at least 4 members (excludes halogenated alkanes) is 1. The normalized spacial score (nSPS) is 10.4. The van der Waals surface area contributed by atoms with E-state index in [0.717, 1.165) is 25.1 Å². The molecule has 106 valence electrons. The molecule has 6 heteroatoms. The fraction of sp³-hybridized carbons (Fsp3) is 0.538. The predicted molar refractivity (Wildman–Crippen MR) is 71.6 cm³/mol. The van der Waals surface area contributed by atoms with E-state index in [1.807, 2.05) is 0 Å². The number of methoxy groups -OCH3 is 1. The molecule has 0 saturated carbocycles. The van der Waals surface area contributed by atoms with Crippen molar-refractivity contribution in [2.24, 2.45) is 0 Å². The monoisotopic (exact) mass is 268 g/mol. The third-order valence-electron chi connectivity index (χ3n) is 2.46. The number of hydrogen-bond donors (Lipinski definition) is 2. The third-order valence-corrected chi connectivity index (χ3v) is 2.46. The van der Waals surface area contributed by atoms with Gasteiger partial charge in [-0.25, -0.2) is 9.78 Å². The van der Waals surface area contributed by atoms with Crippen molar-refractivity contribution < 1.29 is 19.4 Å². The SMILES string of the molecule is COCCOCCCCNc1ccnc(C(=O)O)c1. The van der Waals surface area contributed by atoms with E-state index in [9.17, 15) is 4.79 Å². The Morgan fingerprint density at radius 2 is 2.21 bits per heavy atom. The van der Waals surface area contributed by atoms with Crippen molar-refractivity contribution in [3.05, 3.63) is 24.0 Å². The zero-order valence-electron chi connectivity index (χ0n) is 11.1. The number of aromatic carboxylic acids is 1. The van der Waals surface area contributed by atoms with Crippen LogP contribution in [-0.2, 0) is 9.47 Å². The van der Waals surface area contributed by atoms with Crippen LogP contribution in [-0.4, -0.2) is 49.5 Å². The Hall–Kier alpha value is -1.66. The van der Waals surface area contributed by atoms with Crippen molar-refractivity contribution in [1.29, 1.82) is 0 Å². The molecule has 1 rings (SSSR count). The maximum atomic E-state index is 10.7. The minimum atomic E-state index is -1.02. The first-order valence-corrected chi connectivity index (χ1v) is 6.24. The number of hydrogen-bond acceptors (Lipinski definition) is 5. The molecule has 1 aromatic heterocycles. The van der Waals surface area contributed by atoms with E-state index >= 15 is 0 Å². The molecule has 0 amide bonds. The van der Waals surface area contributed by atoms with Gasteiger partial charge in [0.2, 0.25) is 0 Å². The zero-order valence-corrected chi connectivity index (χ0v) is 11.1. The third kappa shape index (κ3) is 6.73. The van der Waals surface area contributed by atoms with E-state index < -0.39 is 5.97 Å². The van der Waals surface area contributed by atoms with Crippen LogP contribution in [0.5, 0.6) is 0 Å². The summed E-state index contributed by atoms with van der Waals surface area (Å²) < 4.78 is 10.2. The Kier molecular flexibility index (Phi) is 7.53. The van der Waals surface area contributed by atoms with Crippen LogP contribution in [0.2, 0.25) is 0 Å². The highest BCUT2D eigenvalue weighted by Crippen LogP contribution is 2.08. The summed E-state index contributed by atoms with van der Waals surface area (Å²) in [4.78, 5) is 14.5. The lowest BCUT2D eigenvalue weighted by Gasteiger charge is -2.07. The van der Waals surface area contributed by atoms with Gasteiger partial charge in [0.05, 0.1) is 13.2 Å². The summed E-state index contributed by atoms with van der Waals surface area (Å²) in [5.41, 5.74) is 0.820. The number of rotatable bonds is 10. The van der Waals surface area contributed by atoms with Crippen LogP contribution in [0.4, 0.5) is 5.69 Å². The van der Waals surface area contributed by atoms with Crippen LogP contribution >= 0.6 is 0 Å². The summed E-state index contributed by atoms with van der Waals surface area (Å²) in [5, 5.41) is 12.0. The number of carbonyl (C=O) groups is 1. The Morgan fingerprint density at radius 3 is 2.95 bits per heavy atom. The highest BCUT2D eigenvalue weighted by molar-refractivity contribution is 5.86. The van der Waals surface area contributed by atoms with Gasteiger partial charge in [0.25, 0.3) is 0 Å². The van der Waals surface area contributed by atoms with Gasteiger partial charge in [-0.1, -0.05) is 0 Å². The average molecular weight is 268 g/mol. The molecule has 0 aromatic carbocycles. The number of nitrogens with one attached hydrogen (secondary N) is 1. The van der Waals surface area contributed by atoms with Gasteiger partial charge in [-0.3, -0.25) is 0 Å². The van der Waals surface area contributed by atoms with Crippen LogP contribution in [0.3, 0.4) is 0 Å². The second-order valence-electron chi connectivity index (χ2n) is 3.97. The first kappa shape index (κ1) is 15.4. The summed E-state index contributed by atoms with van der Waals surface area (Å²) >= 11 is 0. The molecule has 6 nitrogen and oxygen atoms in total. The lowest BCUT2D eigenvalue weighted by Crippen LogP contribution is -2.07. The van der Waals surface area contributed by atoms with E-state index in [2.05, 4.69) is 10.3 Å². The van der Waals surface area contributed by atoms with E-state index in [4.69, 9.17) is 14.6 Å². The van der Waals surface area contributed by atoms with Crippen molar-refractivity contribution in [2.45, 2.75) is 12.8 Å². The molecule has 1 heterocycles. The Balaban J connectivity index is 2.12. The van der Waals surface area contributed by atoms with Gasteiger partial charge < -0.3 is 19.9 Å². The van der Waals surface area contributed by atoms with Gasteiger partial charge in [-0.2, -0.15) is 0 Å². The van der Waals surface area contributed by atoms with E-state index in [0.29, 0.717) is 19.8 Å². The average Bonchev–Trinajstić information content (AvgIpc) is 2.42. The molecule has 1 aromatic rings. The molecule has 0 aliphatic heterocycles. The van der Waals surface area contributed by atoms with Crippen molar-refractivity contribution in [2.75, 3.05) is 38.8 Å². The smallest absolute Gasteiger partial charge is 0.354 e. The highest BCUT2D eigenvalue weighted by atomic mass is 16.5. The number of ether oxygens (including phenoxy) is 2. The second-order valence-corrected chi connectivity index (χ2v) is 3.97. The molecule has 0 aliphatic rings. The fourth-order valence-electron chi connectivity index (χ4n) is 1.46. The zero-order chi connectivity index (χ0) is 13.9. The van der Waals surface area contributed by atoms with E-state index in [1.54, 1.807) is 13.2 Å². The van der Waals surface area contributed by atoms with E-state index in [-0.39, 0.29) is 5.69 Å². The summed E-state index contributed by atoms with van der Waals surface area (Å²) in [5.74, 6) is -1.02. The maximum Gasteiger partial charge on any atom is 0.354 e. The van der Waals surface area contributed by atoms with Gasteiger partial charge in [0.15, 0.2) is 0 Å². The molecule has 0 fully saturated rings. The first-order chi connectivity index (χ1) is 9.24. The largest absolute Gasteiger partial charge is 0.477 e. The Labute approximate surface area is 112 Å². The van der Waals surface area contributed by atoms with Crippen molar-refractivity contribution in [1.82, 2.24) is 4.98 Å². The summed E-state index contributed by atoms with van der Waals surface area (Å²) in [6.07, 6.45) is 3.39. The number of pyridine rings is 1. The minimum absolute atomic E-state index is 0.0490. The topological polar surface area (TPSA) is 80.7 Å². The molecule has 2 N–H and O–H groups in total. The number of anilines is 1. The lowest BCUT2D eigenvalue weighted by molar-refractivity contribution is 0.0690. The van der Waals surface area contributed by atoms with Gasteiger partial charge >= 0.3 is 5.97 Å². The number of carboxylic acid groups (broad SMARTS) is 1. The molecule has 0 aliphatic carbocycles. The molecular weight excluding hydrogens is 248 g/mol. The lowest BCUT2D eigenvalue weighted by atomic mass is 10.3. The molecule has 0 radical (unpaired) electrons. The number of aromatic nitrogens is 1. The van der Waals surface area contributed by atoms with Crippen molar-refractivity contribution >= 4 is 11.7 Å². The number of carboxylic acids is 1. The molecule has 0 unspecified atom stereocenters. The molecule has 0 spiro atoms. The van der Waals surface area contributed by atoms with Crippen molar-refractivity contribution in [3.8, 4) is 0 Å². The molecular formula is C13H20N2O4. The van der Waals surface area contributed by atoms with Crippen LogP contribution in [0, 0.1) is 0 Å². The minimum Gasteiger partial charge on any atom is -0.477 e. The highest BCUT2D eigenvalue weighted by Gasteiger charge is 2.04. The Bertz CT molecular complexity index is 385. The standard InChI is InChI=1S/C13H20N2O4/c1-18-8-9-19-7-3-2-5-14-11-4-6-15-12(10-11)13(16)17/h4,6,10H,2-3,5,7-9H2,1H3,(H,14,15)(H,16,17). The summed E-state index contributed by atoms with van der Waals surface area (Å²) in [7, 11) is 1.65. The van der Waals surface area contributed by atoms with Crippen LogP contribution in [0.15, 0.2) is 18.3 Å². The van der Waals surface area contributed by atoms with Crippen LogP contribution in [0.1, 0.15) is 23.3 Å². The van der Waals surface area contributed by atoms with Gasteiger partial charge in [-0.15, -0.1) is 0 Å². The van der Waals surface area contributed by atoms with Crippen molar-refractivity contribution in [3.63, 3.8) is 0 Å². The van der Waals surface area contributed by atoms with Gasteiger partial charge in [0, 0.05) is 32.1 Å². The first-order valence-electron chi connectivity index (χ1n) is 6.24. The van der Waals surface area contributed by atoms with Crippen LogP contribution in [0.25, 0.3) is 0 Å². The van der Waals surface area contributed by atoms with Crippen LogP contribution < -0.4 is 5.32 Å². The van der Waals surface area contributed by atoms with Gasteiger partial charge in [-0.05, 0) is 25.0 Å². The second kappa shape index (κ2) is 9.29. The Morgan fingerprint density at radius 1 is 1.37 bits per heavy atom. The predicted octanol–water partition coefficient (Wildman–Crippen LogP) is 1.63. The van der Waals surface area contributed by atoms with Gasteiger partial charge in [0.1, 0.15) is 5.69 Å². The fourth-order valence-corrected chi connectivity index (χ4v) is 1.46. The quantitative estimate of drug-likeness (QED) is 0.628.